The van der Waals surface area contributed by atoms with Crippen LogP contribution in [0, 0.1) is 0 Å². The molecule has 0 spiro atoms. The third-order valence-corrected chi connectivity index (χ3v) is 3.50. The zero-order valence-corrected chi connectivity index (χ0v) is 12.1. The van der Waals surface area contributed by atoms with Gasteiger partial charge in [0.15, 0.2) is 0 Å². The van der Waals surface area contributed by atoms with E-state index in [2.05, 4.69) is 4.98 Å². The smallest absolute Gasteiger partial charge is 0.272 e. The van der Waals surface area contributed by atoms with Gasteiger partial charge in [0.05, 0.1) is 6.04 Å². The van der Waals surface area contributed by atoms with Gasteiger partial charge >= 0.3 is 0 Å². The van der Waals surface area contributed by atoms with Crippen LogP contribution in [0.4, 0.5) is 5.82 Å². The summed E-state index contributed by atoms with van der Waals surface area (Å²) in [5.74, 6) is 0.170. The first-order valence-corrected chi connectivity index (χ1v) is 6.62. The van der Waals surface area contributed by atoms with E-state index in [9.17, 15) is 4.79 Å². The number of halogens is 1. The number of nitrogens with two attached hydrogens (primary N) is 1. The van der Waals surface area contributed by atoms with Crippen LogP contribution in [0.5, 0.6) is 0 Å². The van der Waals surface area contributed by atoms with Gasteiger partial charge in [-0.25, -0.2) is 4.98 Å². The van der Waals surface area contributed by atoms with E-state index >= 15 is 0 Å². The number of carbonyl (C=O) groups excluding carboxylic acids is 1. The van der Waals surface area contributed by atoms with E-state index < -0.39 is 0 Å². The summed E-state index contributed by atoms with van der Waals surface area (Å²) in [4.78, 5) is 18.0. The average Bonchev–Trinajstić information content (AvgIpc) is 2.46. The first kappa shape index (κ1) is 14.3. The van der Waals surface area contributed by atoms with Crippen molar-refractivity contribution in [3.63, 3.8) is 0 Å². The fourth-order valence-electron chi connectivity index (χ4n) is 1.89. The number of nitrogen functional groups attached to an aromatic ring is 1. The zero-order valence-electron chi connectivity index (χ0n) is 11.4. The molecule has 0 saturated carbocycles. The molecule has 4 nitrogen and oxygen atoms in total. The van der Waals surface area contributed by atoms with E-state index in [1.807, 2.05) is 31.2 Å². The van der Waals surface area contributed by atoms with Gasteiger partial charge in [-0.2, -0.15) is 0 Å². The molecule has 1 aromatic heterocycles. The van der Waals surface area contributed by atoms with Crippen LogP contribution >= 0.6 is 11.6 Å². The molecule has 0 radical (unpaired) electrons. The molecule has 1 atom stereocenters. The second kappa shape index (κ2) is 5.92. The van der Waals surface area contributed by atoms with Crippen molar-refractivity contribution in [3.8, 4) is 0 Å². The first-order chi connectivity index (χ1) is 9.49. The number of hydrogen-bond acceptors (Lipinski definition) is 3. The summed E-state index contributed by atoms with van der Waals surface area (Å²) in [6.45, 7) is 1.95. The Hall–Kier alpha value is -2.07. The Kier molecular flexibility index (Phi) is 4.25. The summed E-state index contributed by atoms with van der Waals surface area (Å²) in [6.07, 6.45) is 0. The standard InChI is InChI=1S/C15H16ClN3O/c1-10(11-6-8-12(16)9-7-11)19(2)15(20)13-4-3-5-14(17)18-13/h3-10H,1-2H3,(H2,17,18). The number of rotatable bonds is 3. The molecular formula is C15H16ClN3O. The Labute approximate surface area is 123 Å². The van der Waals surface area contributed by atoms with Gasteiger partial charge in [0.2, 0.25) is 0 Å². The van der Waals surface area contributed by atoms with Crippen molar-refractivity contribution in [1.29, 1.82) is 0 Å². The van der Waals surface area contributed by atoms with E-state index in [4.69, 9.17) is 17.3 Å². The topological polar surface area (TPSA) is 59.2 Å². The molecule has 1 heterocycles. The molecule has 0 saturated heterocycles. The lowest BCUT2D eigenvalue weighted by Gasteiger charge is -2.25. The average molecular weight is 290 g/mol. The second-order valence-corrected chi connectivity index (χ2v) is 5.03. The van der Waals surface area contributed by atoms with Crippen LogP contribution < -0.4 is 5.73 Å². The summed E-state index contributed by atoms with van der Waals surface area (Å²) in [5, 5.41) is 0.674. The molecule has 0 bridgehead atoms. The highest BCUT2D eigenvalue weighted by molar-refractivity contribution is 6.30. The van der Waals surface area contributed by atoms with Crippen molar-refractivity contribution in [2.24, 2.45) is 0 Å². The lowest BCUT2D eigenvalue weighted by atomic mass is 10.1. The minimum absolute atomic E-state index is 0.0806. The molecule has 104 valence electrons. The molecule has 0 aliphatic heterocycles. The molecule has 20 heavy (non-hydrogen) atoms. The van der Waals surface area contributed by atoms with Crippen molar-refractivity contribution in [2.45, 2.75) is 13.0 Å². The fourth-order valence-corrected chi connectivity index (χ4v) is 2.02. The SMILES string of the molecule is CC(c1ccc(Cl)cc1)N(C)C(=O)c1cccc(N)n1. The van der Waals surface area contributed by atoms with Crippen molar-refractivity contribution >= 4 is 23.3 Å². The second-order valence-electron chi connectivity index (χ2n) is 4.59. The molecule has 5 heteroatoms. The normalized spacial score (nSPS) is 11.9. The Balaban J connectivity index is 2.20. The van der Waals surface area contributed by atoms with E-state index in [1.165, 1.54) is 0 Å². The van der Waals surface area contributed by atoms with Gasteiger partial charge in [0.1, 0.15) is 11.5 Å². The molecule has 1 unspecified atom stereocenters. The minimum Gasteiger partial charge on any atom is -0.384 e. The summed E-state index contributed by atoms with van der Waals surface area (Å²) in [7, 11) is 1.74. The number of hydrogen-bond donors (Lipinski definition) is 1. The highest BCUT2D eigenvalue weighted by atomic mass is 35.5. The number of carbonyl (C=O) groups is 1. The van der Waals surface area contributed by atoms with Gasteiger partial charge in [0.25, 0.3) is 5.91 Å². The van der Waals surface area contributed by atoms with Crippen LogP contribution in [-0.4, -0.2) is 22.8 Å². The molecule has 1 aromatic carbocycles. The third kappa shape index (κ3) is 3.08. The van der Waals surface area contributed by atoms with Crippen LogP contribution in [0.3, 0.4) is 0 Å². The predicted molar refractivity (Wildman–Crippen MR) is 80.6 cm³/mol. The van der Waals surface area contributed by atoms with Crippen molar-refractivity contribution in [1.82, 2.24) is 9.88 Å². The number of anilines is 1. The third-order valence-electron chi connectivity index (χ3n) is 3.24. The highest BCUT2D eigenvalue weighted by Crippen LogP contribution is 2.22. The number of benzene rings is 1. The zero-order chi connectivity index (χ0) is 14.7. The number of nitrogens with zero attached hydrogens (tertiary/aromatic N) is 2. The molecular weight excluding hydrogens is 274 g/mol. The van der Waals surface area contributed by atoms with E-state index in [-0.39, 0.29) is 11.9 Å². The molecule has 2 aromatic rings. The maximum absolute atomic E-state index is 12.4. The van der Waals surface area contributed by atoms with Gasteiger partial charge in [-0.3, -0.25) is 4.79 Å². The number of pyridine rings is 1. The highest BCUT2D eigenvalue weighted by Gasteiger charge is 2.19. The Bertz CT molecular complexity index is 613. The van der Waals surface area contributed by atoms with Gasteiger partial charge in [-0.1, -0.05) is 29.8 Å². The van der Waals surface area contributed by atoms with Gasteiger partial charge in [-0.05, 0) is 36.8 Å². The Morgan fingerprint density at radius 2 is 1.90 bits per heavy atom. The summed E-state index contributed by atoms with van der Waals surface area (Å²) in [5.41, 5.74) is 6.95. The van der Waals surface area contributed by atoms with Crippen LogP contribution in [0.25, 0.3) is 0 Å². The predicted octanol–water partition coefficient (Wildman–Crippen LogP) is 3.15. The van der Waals surface area contributed by atoms with Crippen LogP contribution in [0.1, 0.15) is 29.0 Å². The molecule has 0 aliphatic carbocycles. The van der Waals surface area contributed by atoms with E-state index in [0.29, 0.717) is 16.5 Å². The molecule has 2 rings (SSSR count). The monoisotopic (exact) mass is 289 g/mol. The maximum atomic E-state index is 12.4. The summed E-state index contributed by atoms with van der Waals surface area (Å²) in [6, 6.07) is 12.4. The quantitative estimate of drug-likeness (QED) is 0.944. The fraction of sp³-hybridized carbons (Fsp3) is 0.200. The van der Waals surface area contributed by atoms with E-state index in [0.717, 1.165) is 5.56 Å². The van der Waals surface area contributed by atoms with Crippen molar-refractivity contribution in [2.75, 3.05) is 12.8 Å². The molecule has 0 aliphatic rings. The lowest BCUT2D eigenvalue weighted by Crippen LogP contribution is -2.30. The summed E-state index contributed by atoms with van der Waals surface area (Å²) >= 11 is 5.87. The molecule has 1 amide bonds. The summed E-state index contributed by atoms with van der Waals surface area (Å²) < 4.78 is 0. The maximum Gasteiger partial charge on any atom is 0.272 e. The van der Waals surface area contributed by atoms with E-state index in [1.54, 1.807) is 30.1 Å². The number of amides is 1. The Morgan fingerprint density at radius 3 is 2.50 bits per heavy atom. The van der Waals surface area contributed by atoms with Crippen LogP contribution in [0.15, 0.2) is 42.5 Å². The largest absolute Gasteiger partial charge is 0.384 e. The minimum atomic E-state index is -0.167. The van der Waals surface area contributed by atoms with Gasteiger partial charge < -0.3 is 10.6 Å². The van der Waals surface area contributed by atoms with Crippen molar-refractivity contribution in [3.05, 3.63) is 58.7 Å². The van der Waals surface area contributed by atoms with Gasteiger partial charge in [-0.15, -0.1) is 0 Å². The first-order valence-electron chi connectivity index (χ1n) is 6.24. The molecule has 2 N–H and O–H groups in total. The van der Waals surface area contributed by atoms with Crippen molar-refractivity contribution < 1.29 is 4.79 Å². The van der Waals surface area contributed by atoms with Gasteiger partial charge in [0, 0.05) is 12.1 Å². The van der Waals surface area contributed by atoms with Crippen LogP contribution in [0.2, 0.25) is 5.02 Å². The van der Waals surface area contributed by atoms with Crippen LogP contribution in [-0.2, 0) is 0 Å². The molecule has 0 fully saturated rings. The Morgan fingerprint density at radius 1 is 1.25 bits per heavy atom. The number of aromatic nitrogens is 1. The lowest BCUT2D eigenvalue weighted by molar-refractivity contribution is 0.0737.